The van der Waals surface area contributed by atoms with Crippen LogP contribution in [0.1, 0.15) is 51.0 Å². The second-order valence-corrected chi connectivity index (χ2v) is 7.44. The van der Waals surface area contributed by atoms with Crippen LogP contribution in [-0.4, -0.2) is 42.0 Å². The van der Waals surface area contributed by atoms with Gasteiger partial charge in [0.25, 0.3) is 0 Å². The van der Waals surface area contributed by atoms with E-state index in [1.54, 1.807) is 18.2 Å². The van der Waals surface area contributed by atoms with Gasteiger partial charge in [-0.3, -0.25) is 9.69 Å². The van der Waals surface area contributed by atoms with Crippen LogP contribution in [-0.2, 0) is 11.3 Å². The van der Waals surface area contributed by atoms with Crippen molar-refractivity contribution >= 4 is 5.91 Å². The Morgan fingerprint density at radius 3 is 2.48 bits per heavy atom. The summed E-state index contributed by atoms with van der Waals surface area (Å²) in [7, 11) is 0. The van der Waals surface area contributed by atoms with Crippen molar-refractivity contribution in [2.24, 2.45) is 0 Å². The zero-order valence-corrected chi connectivity index (χ0v) is 15.1. The molecule has 1 aromatic carbocycles. The van der Waals surface area contributed by atoms with Crippen molar-refractivity contribution in [2.45, 2.75) is 70.1 Å². The van der Waals surface area contributed by atoms with E-state index in [0.717, 1.165) is 25.9 Å². The molecule has 2 aliphatic rings. The summed E-state index contributed by atoms with van der Waals surface area (Å²) in [5.74, 6) is -0.292. The fraction of sp³-hybridized carbons (Fsp3) is 0.650. The van der Waals surface area contributed by atoms with Gasteiger partial charge in [0.1, 0.15) is 5.82 Å². The Balaban J connectivity index is 1.41. The van der Waals surface area contributed by atoms with E-state index in [4.69, 9.17) is 0 Å². The predicted octanol–water partition coefficient (Wildman–Crippen LogP) is 2.83. The van der Waals surface area contributed by atoms with E-state index < -0.39 is 0 Å². The van der Waals surface area contributed by atoms with Gasteiger partial charge in [-0.05, 0) is 38.7 Å². The molecule has 0 bridgehead atoms. The Hall–Kier alpha value is -1.46. The molecule has 2 fully saturated rings. The fourth-order valence-electron chi connectivity index (χ4n) is 4.02. The zero-order valence-electron chi connectivity index (χ0n) is 15.1. The molecule has 3 rings (SSSR count). The maximum atomic E-state index is 13.6. The Morgan fingerprint density at radius 2 is 1.80 bits per heavy atom. The zero-order chi connectivity index (χ0) is 17.6. The van der Waals surface area contributed by atoms with Gasteiger partial charge in [-0.15, -0.1) is 0 Å². The summed E-state index contributed by atoms with van der Waals surface area (Å²) in [6, 6.07) is 7.71. The molecule has 1 saturated heterocycles. The lowest BCUT2D eigenvalue weighted by Crippen LogP contribution is -2.51. The highest BCUT2D eigenvalue weighted by Crippen LogP contribution is 2.21. The molecular formula is C20H30FN3O. The molecule has 0 aromatic heterocycles. The number of carbonyl (C=O) groups excluding carboxylic acids is 1. The van der Waals surface area contributed by atoms with E-state index in [2.05, 4.69) is 15.5 Å². The largest absolute Gasteiger partial charge is 0.351 e. The lowest BCUT2D eigenvalue weighted by Gasteiger charge is -2.36. The number of piperidine rings is 1. The van der Waals surface area contributed by atoms with Gasteiger partial charge < -0.3 is 10.6 Å². The number of halogens is 1. The van der Waals surface area contributed by atoms with Crippen molar-refractivity contribution < 1.29 is 9.18 Å². The van der Waals surface area contributed by atoms with Gasteiger partial charge in [-0.25, -0.2) is 4.39 Å². The van der Waals surface area contributed by atoms with Crippen LogP contribution in [0.25, 0.3) is 0 Å². The normalized spacial score (nSPS) is 21.4. The minimum atomic E-state index is -0.269. The first-order valence-corrected chi connectivity index (χ1v) is 9.64. The van der Waals surface area contributed by atoms with Crippen LogP contribution < -0.4 is 10.6 Å². The summed E-state index contributed by atoms with van der Waals surface area (Å²) < 4.78 is 13.6. The van der Waals surface area contributed by atoms with Crippen molar-refractivity contribution in [3.63, 3.8) is 0 Å². The van der Waals surface area contributed by atoms with E-state index in [1.165, 1.54) is 31.7 Å². The Labute approximate surface area is 150 Å². The molecule has 1 aliphatic carbocycles. The number of hydrogen-bond acceptors (Lipinski definition) is 3. The maximum Gasteiger partial charge on any atom is 0.237 e. The highest BCUT2D eigenvalue weighted by Gasteiger charge is 2.28. The van der Waals surface area contributed by atoms with Crippen molar-refractivity contribution in [1.82, 2.24) is 15.5 Å². The Bertz CT molecular complexity index is 566. The lowest BCUT2D eigenvalue weighted by atomic mass is 10.0. The minimum absolute atomic E-state index is 0.0227. The molecule has 1 aliphatic heterocycles. The van der Waals surface area contributed by atoms with E-state index in [-0.39, 0.29) is 24.3 Å². The lowest BCUT2D eigenvalue weighted by molar-refractivity contribution is -0.126. The molecule has 5 heteroatoms. The van der Waals surface area contributed by atoms with Crippen LogP contribution >= 0.6 is 0 Å². The number of nitrogens with zero attached hydrogens (tertiary/aromatic N) is 1. The van der Waals surface area contributed by atoms with Crippen molar-refractivity contribution in [1.29, 1.82) is 0 Å². The Morgan fingerprint density at radius 1 is 1.16 bits per heavy atom. The minimum Gasteiger partial charge on any atom is -0.351 e. The molecule has 1 saturated carbocycles. The molecule has 4 nitrogen and oxygen atoms in total. The molecule has 0 unspecified atom stereocenters. The molecule has 1 heterocycles. The first-order valence-electron chi connectivity index (χ1n) is 9.64. The molecule has 25 heavy (non-hydrogen) atoms. The number of rotatable bonds is 6. The first-order chi connectivity index (χ1) is 12.1. The smallest absolute Gasteiger partial charge is 0.237 e. The standard InChI is InChI=1S/C20H30FN3O/c1-15(20(25)22-14-16-6-2-5-9-19(16)21)24-12-10-18(11-13-24)23-17-7-3-4-8-17/h2,5-6,9,15,17-18,23H,3-4,7-8,10-14H2,1H3,(H,22,25)/t15-/m1/s1. The van der Waals surface area contributed by atoms with Gasteiger partial charge >= 0.3 is 0 Å². The molecule has 1 aromatic rings. The van der Waals surface area contributed by atoms with Crippen LogP contribution in [0.4, 0.5) is 4.39 Å². The van der Waals surface area contributed by atoms with Crippen molar-refractivity contribution in [3.05, 3.63) is 35.6 Å². The highest BCUT2D eigenvalue weighted by molar-refractivity contribution is 5.81. The Kier molecular flexibility index (Phi) is 6.43. The quantitative estimate of drug-likeness (QED) is 0.832. The van der Waals surface area contributed by atoms with E-state index in [1.807, 2.05) is 6.92 Å². The van der Waals surface area contributed by atoms with Gasteiger partial charge in [-0.2, -0.15) is 0 Å². The van der Waals surface area contributed by atoms with Gasteiger partial charge in [0.05, 0.1) is 6.04 Å². The number of amides is 1. The third kappa shape index (κ3) is 5.02. The number of hydrogen-bond donors (Lipinski definition) is 2. The summed E-state index contributed by atoms with van der Waals surface area (Å²) in [4.78, 5) is 14.6. The average molecular weight is 347 g/mol. The molecule has 1 atom stereocenters. The molecule has 1 amide bonds. The third-order valence-electron chi connectivity index (χ3n) is 5.69. The molecule has 138 valence electrons. The summed E-state index contributed by atoms with van der Waals surface area (Å²) in [5.41, 5.74) is 0.530. The molecule has 0 radical (unpaired) electrons. The number of nitrogens with one attached hydrogen (secondary N) is 2. The van der Waals surface area contributed by atoms with Crippen LogP contribution in [0.2, 0.25) is 0 Å². The summed E-state index contributed by atoms with van der Waals surface area (Å²) in [6.07, 6.45) is 7.54. The summed E-state index contributed by atoms with van der Waals surface area (Å²) in [5, 5.41) is 6.66. The molecular weight excluding hydrogens is 317 g/mol. The maximum absolute atomic E-state index is 13.6. The predicted molar refractivity (Wildman–Crippen MR) is 97.7 cm³/mol. The second-order valence-electron chi connectivity index (χ2n) is 7.44. The van der Waals surface area contributed by atoms with Crippen LogP contribution in [0.5, 0.6) is 0 Å². The summed E-state index contributed by atoms with van der Waals surface area (Å²) in [6.45, 7) is 4.08. The second kappa shape index (κ2) is 8.77. The van der Waals surface area contributed by atoms with Crippen LogP contribution in [0.3, 0.4) is 0 Å². The highest BCUT2D eigenvalue weighted by atomic mass is 19.1. The van der Waals surface area contributed by atoms with Crippen LogP contribution in [0.15, 0.2) is 24.3 Å². The van der Waals surface area contributed by atoms with E-state index >= 15 is 0 Å². The van der Waals surface area contributed by atoms with Gasteiger partial charge in [0, 0.05) is 37.3 Å². The van der Waals surface area contributed by atoms with E-state index in [9.17, 15) is 9.18 Å². The average Bonchev–Trinajstić information content (AvgIpc) is 3.14. The molecule has 2 N–H and O–H groups in total. The summed E-state index contributed by atoms with van der Waals surface area (Å²) >= 11 is 0. The van der Waals surface area contributed by atoms with Crippen molar-refractivity contribution in [3.8, 4) is 0 Å². The van der Waals surface area contributed by atoms with Crippen LogP contribution in [0, 0.1) is 5.82 Å². The monoisotopic (exact) mass is 347 g/mol. The first kappa shape index (κ1) is 18.3. The van der Waals surface area contributed by atoms with Gasteiger partial charge in [0.2, 0.25) is 5.91 Å². The van der Waals surface area contributed by atoms with Gasteiger partial charge in [-0.1, -0.05) is 31.0 Å². The van der Waals surface area contributed by atoms with Crippen molar-refractivity contribution in [2.75, 3.05) is 13.1 Å². The number of likely N-dealkylation sites (tertiary alicyclic amines) is 1. The molecule has 0 spiro atoms. The van der Waals surface area contributed by atoms with E-state index in [0.29, 0.717) is 17.6 Å². The number of benzene rings is 1. The SMILES string of the molecule is C[C@H](C(=O)NCc1ccccc1F)N1CCC(NC2CCCC2)CC1. The number of carbonyl (C=O) groups is 1. The third-order valence-corrected chi connectivity index (χ3v) is 5.69. The van der Waals surface area contributed by atoms with Gasteiger partial charge in [0.15, 0.2) is 0 Å². The fourth-order valence-corrected chi connectivity index (χ4v) is 4.02. The topological polar surface area (TPSA) is 44.4 Å².